The zero-order valence-electron chi connectivity index (χ0n) is 11.3. The molecule has 5 heteroatoms. The van der Waals surface area contributed by atoms with Gasteiger partial charge in [-0.05, 0) is 38.4 Å². The fraction of sp³-hybridized carbons (Fsp3) is 0.500. The first-order chi connectivity index (χ1) is 9.05. The number of piperidine rings is 1. The fourth-order valence-corrected chi connectivity index (χ4v) is 2.42. The number of amides is 1. The molecule has 0 saturated carbocycles. The highest BCUT2D eigenvalue weighted by Crippen LogP contribution is 2.31. The number of benzene rings is 1. The standard InChI is InChI=1S/C14H19ClN2O2/c1-14(6-3-7-16-9-14)13(18)17-12-8-10(19-2)4-5-11(12)15/h4-5,8,16H,3,6-7,9H2,1-2H3,(H,17,18). The molecule has 1 fully saturated rings. The number of methoxy groups -OCH3 is 1. The molecule has 1 aromatic rings. The Balaban J connectivity index is 2.14. The van der Waals surface area contributed by atoms with Crippen LogP contribution in [0.4, 0.5) is 5.69 Å². The SMILES string of the molecule is COc1ccc(Cl)c(NC(=O)C2(C)CCCNC2)c1. The minimum atomic E-state index is -0.384. The number of carbonyl (C=O) groups is 1. The predicted molar refractivity (Wildman–Crippen MR) is 76.8 cm³/mol. The lowest BCUT2D eigenvalue weighted by Gasteiger charge is -2.32. The van der Waals surface area contributed by atoms with Gasteiger partial charge in [0.05, 0.1) is 23.2 Å². The van der Waals surface area contributed by atoms with Crippen LogP contribution in [0.15, 0.2) is 18.2 Å². The molecule has 1 unspecified atom stereocenters. The molecule has 4 nitrogen and oxygen atoms in total. The second kappa shape index (κ2) is 5.80. The van der Waals surface area contributed by atoms with Gasteiger partial charge in [-0.25, -0.2) is 0 Å². The van der Waals surface area contributed by atoms with E-state index in [4.69, 9.17) is 16.3 Å². The molecule has 104 valence electrons. The molecule has 19 heavy (non-hydrogen) atoms. The summed E-state index contributed by atoms with van der Waals surface area (Å²) in [5.41, 5.74) is 0.211. The summed E-state index contributed by atoms with van der Waals surface area (Å²) in [6, 6.07) is 5.22. The third kappa shape index (κ3) is 3.19. The number of carbonyl (C=O) groups excluding carboxylic acids is 1. The Morgan fingerprint density at radius 3 is 2.95 bits per heavy atom. The molecule has 1 aliphatic rings. The summed E-state index contributed by atoms with van der Waals surface area (Å²) >= 11 is 6.10. The van der Waals surface area contributed by atoms with Gasteiger partial charge in [-0.2, -0.15) is 0 Å². The second-order valence-electron chi connectivity index (χ2n) is 5.14. The third-order valence-corrected chi connectivity index (χ3v) is 3.90. The van der Waals surface area contributed by atoms with Crippen LogP contribution in [-0.2, 0) is 4.79 Å². The summed E-state index contributed by atoms with van der Waals surface area (Å²) in [5, 5.41) is 6.68. The Labute approximate surface area is 118 Å². The summed E-state index contributed by atoms with van der Waals surface area (Å²) in [7, 11) is 1.58. The zero-order valence-corrected chi connectivity index (χ0v) is 12.0. The van der Waals surface area contributed by atoms with Crippen LogP contribution in [0.25, 0.3) is 0 Å². The van der Waals surface area contributed by atoms with Crippen LogP contribution in [0.2, 0.25) is 5.02 Å². The van der Waals surface area contributed by atoms with Crippen LogP contribution in [0.3, 0.4) is 0 Å². The molecule has 0 aromatic heterocycles. The smallest absolute Gasteiger partial charge is 0.231 e. The van der Waals surface area contributed by atoms with E-state index in [2.05, 4.69) is 10.6 Å². The van der Waals surface area contributed by atoms with Crippen molar-refractivity contribution in [1.82, 2.24) is 5.32 Å². The number of rotatable bonds is 3. The summed E-state index contributed by atoms with van der Waals surface area (Å²) in [4.78, 5) is 12.4. The summed E-state index contributed by atoms with van der Waals surface area (Å²) in [6.07, 6.45) is 1.89. The molecule has 1 atom stereocenters. The number of hydrogen-bond acceptors (Lipinski definition) is 3. The highest BCUT2D eigenvalue weighted by molar-refractivity contribution is 6.33. The predicted octanol–water partition coefficient (Wildman–Crippen LogP) is 2.68. The number of nitrogens with one attached hydrogen (secondary N) is 2. The molecule has 0 aliphatic carbocycles. The van der Waals surface area contributed by atoms with Crippen molar-refractivity contribution in [2.75, 3.05) is 25.5 Å². The van der Waals surface area contributed by atoms with Gasteiger partial charge >= 0.3 is 0 Å². The Bertz CT molecular complexity index is 471. The third-order valence-electron chi connectivity index (χ3n) is 3.57. The minimum absolute atomic E-state index is 0.00477. The first-order valence-electron chi connectivity index (χ1n) is 6.41. The van der Waals surface area contributed by atoms with Crippen LogP contribution in [-0.4, -0.2) is 26.1 Å². The Kier molecular flexibility index (Phi) is 4.32. The van der Waals surface area contributed by atoms with Crippen LogP contribution >= 0.6 is 11.6 Å². The molecule has 0 spiro atoms. The number of ether oxygens (including phenoxy) is 1. The quantitative estimate of drug-likeness (QED) is 0.896. The molecule has 0 bridgehead atoms. The number of halogens is 1. The van der Waals surface area contributed by atoms with Crippen molar-refractivity contribution in [3.63, 3.8) is 0 Å². The van der Waals surface area contributed by atoms with Gasteiger partial charge in [0.25, 0.3) is 0 Å². The van der Waals surface area contributed by atoms with E-state index >= 15 is 0 Å². The van der Waals surface area contributed by atoms with E-state index in [0.29, 0.717) is 23.0 Å². The largest absolute Gasteiger partial charge is 0.497 e. The number of hydrogen-bond donors (Lipinski definition) is 2. The van der Waals surface area contributed by atoms with Gasteiger partial charge in [0, 0.05) is 12.6 Å². The fourth-order valence-electron chi connectivity index (χ4n) is 2.25. The monoisotopic (exact) mass is 282 g/mol. The molecule has 2 N–H and O–H groups in total. The molecular formula is C14H19ClN2O2. The highest BCUT2D eigenvalue weighted by atomic mass is 35.5. The Morgan fingerprint density at radius 2 is 2.32 bits per heavy atom. The summed E-state index contributed by atoms with van der Waals surface area (Å²) in [5.74, 6) is 0.668. The van der Waals surface area contributed by atoms with Crippen molar-refractivity contribution < 1.29 is 9.53 Å². The van der Waals surface area contributed by atoms with E-state index in [1.54, 1.807) is 25.3 Å². The molecule has 1 aromatic carbocycles. The lowest BCUT2D eigenvalue weighted by molar-refractivity contribution is -0.125. The van der Waals surface area contributed by atoms with E-state index in [-0.39, 0.29) is 11.3 Å². The van der Waals surface area contributed by atoms with Crippen LogP contribution < -0.4 is 15.4 Å². The van der Waals surface area contributed by atoms with E-state index in [1.807, 2.05) is 6.92 Å². The molecule has 1 heterocycles. The summed E-state index contributed by atoms with van der Waals surface area (Å²) in [6.45, 7) is 3.64. The molecule has 0 radical (unpaired) electrons. The highest BCUT2D eigenvalue weighted by Gasteiger charge is 2.34. The molecule has 1 amide bonds. The van der Waals surface area contributed by atoms with Gasteiger partial charge in [-0.1, -0.05) is 11.6 Å². The van der Waals surface area contributed by atoms with Crippen LogP contribution in [0.1, 0.15) is 19.8 Å². The van der Waals surface area contributed by atoms with Crippen LogP contribution in [0, 0.1) is 5.41 Å². The van der Waals surface area contributed by atoms with Crippen molar-refractivity contribution in [2.24, 2.45) is 5.41 Å². The van der Waals surface area contributed by atoms with Crippen molar-refractivity contribution in [3.05, 3.63) is 23.2 Å². The first kappa shape index (κ1) is 14.2. The van der Waals surface area contributed by atoms with E-state index in [0.717, 1.165) is 19.4 Å². The average molecular weight is 283 g/mol. The van der Waals surface area contributed by atoms with E-state index < -0.39 is 0 Å². The van der Waals surface area contributed by atoms with E-state index in [1.165, 1.54) is 0 Å². The summed E-state index contributed by atoms with van der Waals surface area (Å²) < 4.78 is 5.14. The van der Waals surface area contributed by atoms with Gasteiger partial charge in [-0.3, -0.25) is 4.79 Å². The van der Waals surface area contributed by atoms with Gasteiger partial charge in [-0.15, -0.1) is 0 Å². The lowest BCUT2D eigenvalue weighted by Crippen LogP contribution is -2.46. The maximum Gasteiger partial charge on any atom is 0.231 e. The second-order valence-corrected chi connectivity index (χ2v) is 5.55. The number of anilines is 1. The molecule has 1 saturated heterocycles. The molecule has 2 rings (SSSR count). The lowest BCUT2D eigenvalue weighted by atomic mass is 9.82. The maximum atomic E-state index is 12.4. The minimum Gasteiger partial charge on any atom is -0.497 e. The first-order valence-corrected chi connectivity index (χ1v) is 6.79. The van der Waals surface area contributed by atoms with E-state index in [9.17, 15) is 4.79 Å². The van der Waals surface area contributed by atoms with Crippen molar-refractivity contribution in [1.29, 1.82) is 0 Å². The van der Waals surface area contributed by atoms with Crippen molar-refractivity contribution >= 4 is 23.2 Å². The Hall–Kier alpha value is -1.26. The average Bonchev–Trinajstić information content (AvgIpc) is 2.42. The van der Waals surface area contributed by atoms with Gasteiger partial charge in [0.15, 0.2) is 0 Å². The van der Waals surface area contributed by atoms with Crippen molar-refractivity contribution in [2.45, 2.75) is 19.8 Å². The van der Waals surface area contributed by atoms with Crippen LogP contribution in [0.5, 0.6) is 5.75 Å². The molecule has 1 aliphatic heterocycles. The van der Waals surface area contributed by atoms with Gasteiger partial charge in [0.1, 0.15) is 5.75 Å². The van der Waals surface area contributed by atoms with Gasteiger partial charge in [0.2, 0.25) is 5.91 Å². The Morgan fingerprint density at radius 1 is 1.53 bits per heavy atom. The topological polar surface area (TPSA) is 50.4 Å². The normalized spacial score (nSPS) is 22.9. The zero-order chi connectivity index (χ0) is 13.9. The van der Waals surface area contributed by atoms with Gasteiger partial charge < -0.3 is 15.4 Å². The molecular weight excluding hydrogens is 264 g/mol. The van der Waals surface area contributed by atoms with Crippen molar-refractivity contribution in [3.8, 4) is 5.75 Å². The maximum absolute atomic E-state index is 12.4.